The number of non-ortho nitro benzene ring substituents is 1. The van der Waals surface area contributed by atoms with Gasteiger partial charge >= 0.3 is 5.97 Å². The molecule has 3 aromatic carbocycles. The number of carbonyl (C=O) groups excluding carboxylic acids is 3. The Morgan fingerprint density at radius 2 is 1.65 bits per heavy atom. The molecule has 0 fully saturated rings. The number of rotatable bonds is 6. The first-order chi connectivity index (χ1) is 16.4. The predicted octanol–water partition coefficient (Wildman–Crippen LogP) is 4.13. The van der Waals surface area contributed by atoms with Crippen LogP contribution in [0.4, 0.5) is 5.69 Å². The highest BCUT2D eigenvalue weighted by molar-refractivity contribution is 6.21. The Morgan fingerprint density at radius 3 is 2.29 bits per heavy atom. The number of fused-ring (bicyclic) bond motifs is 2. The average molecular weight is 455 g/mol. The van der Waals surface area contributed by atoms with Gasteiger partial charge in [0, 0.05) is 35.8 Å². The van der Waals surface area contributed by atoms with Gasteiger partial charge in [-0.3, -0.25) is 24.6 Å². The van der Waals surface area contributed by atoms with E-state index in [-0.39, 0.29) is 29.8 Å². The molecule has 0 aliphatic carbocycles. The van der Waals surface area contributed by atoms with Crippen LogP contribution in [0.2, 0.25) is 0 Å². The third kappa shape index (κ3) is 3.69. The number of nitrogens with one attached hydrogen (secondary N) is 1. The first kappa shape index (κ1) is 21.1. The lowest BCUT2D eigenvalue weighted by Crippen LogP contribution is -2.31. The third-order valence-electron chi connectivity index (χ3n) is 5.74. The molecular formula is C25H17N3O6. The Kier molecular flexibility index (Phi) is 5.14. The number of nitro benzene ring substituents is 1. The molecule has 9 nitrogen and oxygen atoms in total. The van der Waals surface area contributed by atoms with Gasteiger partial charge in [-0.15, -0.1) is 0 Å². The summed E-state index contributed by atoms with van der Waals surface area (Å²) in [4.78, 5) is 52.4. The van der Waals surface area contributed by atoms with Gasteiger partial charge in [0.2, 0.25) is 0 Å². The van der Waals surface area contributed by atoms with Crippen LogP contribution in [0.1, 0.15) is 36.6 Å². The second-order valence-corrected chi connectivity index (χ2v) is 7.77. The first-order valence-electron chi connectivity index (χ1n) is 10.4. The molecule has 0 saturated carbocycles. The Morgan fingerprint density at radius 1 is 0.971 bits per heavy atom. The van der Waals surface area contributed by atoms with Crippen LogP contribution in [0, 0.1) is 10.1 Å². The summed E-state index contributed by atoms with van der Waals surface area (Å²) >= 11 is 0. The fourth-order valence-electron chi connectivity index (χ4n) is 3.99. The van der Waals surface area contributed by atoms with Crippen LogP contribution in [0.15, 0.2) is 72.9 Å². The number of ether oxygens (including phenoxy) is 1. The molecule has 168 valence electrons. The molecule has 2 amide bonds. The van der Waals surface area contributed by atoms with Crippen molar-refractivity contribution in [1.29, 1.82) is 0 Å². The van der Waals surface area contributed by atoms with Gasteiger partial charge in [0.05, 0.1) is 21.6 Å². The lowest BCUT2D eigenvalue weighted by Gasteiger charge is -2.13. The second-order valence-electron chi connectivity index (χ2n) is 7.77. The molecule has 1 aromatic heterocycles. The van der Waals surface area contributed by atoms with E-state index in [2.05, 4.69) is 4.98 Å². The monoisotopic (exact) mass is 455 g/mol. The molecule has 0 spiro atoms. The van der Waals surface area contributed by atoms with E-state index in [4.69, 9.17) is 4.74 Å². The Hall–Kier alpha value is -4.79. The number of hydrogen-bond donors (Lipinski definition) is 1. The van der Waals surface area contributed by atoms with E-state index in [1.807, 2.05) is 0 Å². The predicted molar refractivity (Wildman–Crippen MR) is 122 cm³/mol. The lowest BCUT2D eigenvalue weighted by molar-refractivity contribution is -0.384. The highest BCUT2D eigenvalue weighted by Gasteiger charge is 2.34. The summed E-state index contributed by atoms with van der Waals surface area (Å²) in [6.45, 7) is 0.205. The molecule has 4 aromatic rings. The summed E-state index contributed by atoms with van der Waals surface area (Å²) in [7, 11) is 0. The van der Waals surface area contributed by atoms with Crippen LogP contribution in [-0.4, -0.2) is 39.1 Å². The zero-order valence-electron chi connectivity index (χ0n) is 17.7. The van der Waals surface area contributed by atoms with Crippen molar-refractivity contribution in [3.05, 3.63) is 105 Å². The van der Waals surface area contributed by atoms with E-state index < -0.39 is 10.9 Å². The number of aromatic nitrogens is 1. The minimum Gasteiger partial charge on any atom is -0.423 e. The largest absolute Gasteiger partial charge is 0.423 e. The average Bonchev–Trinajstić information content (AvgIpc) is 3.36. The molecule has 1 N–H and O–H groups in total. The molecule has 0 bridgehead atoms. The minimum atomic E-state index is -0.608. The molecule has 0 atom stereocenters. The summed E-state index contributed by atoms with van der Waals surface area (Å²) in [5.41, 5.74) is 2.65. The fourth-order valence-corrected chi connectivity index (χ4v) is 3.99. The van der Waals surface area contributed by atoms with E-state index in [0.717, 1.165) is 16.5 Å². The zero-order chi connectivity index (χ0) is 23.8. The topological polar surface area (TPSA) is 123 Å². The van der Waals surface area contributed by atoms with Crippen molar-refractivity contribution in [2.75, 3.05) is 6.54 Å². The summed E-state index contributed by atoms with van der Waals surface area (Å²) in [5.74, 6) is -1.04. The Balaban J connectivity index is 1.32. The highest BCUT2D eigenvalue weighted by atomic mass is 16.6. The minimum absolute atomic E-state index is 0.101. The van der Waals surface area contributed by atoms with Gasteiger partial charge in [-0.05, 0) is 54.4 Å². The normalized spacial score (nSPS) is 12.8. The maximum atomic E-state index is 12.6. The van der Waals surface area contributed by atoms with Gasteiger partial charge in [0.25, 0.3) is 17.5 Å². The van der Waals surface area contributed by atoms with Gasteiger partial charge in [0.15, 0.2) is 0 Å². The smallest absolute Gasteiger partial charge is 0.343 e. The van der Waals surface area contributed by atoms with Gasteiger partial charge in [-0.1, -0.05) is 12.1 Å². The van der Waals surface area contributed by atoms with E-state index in [0.29, 0.717) is 23.1 Å². The van der Waals surface area contributed by atoms with Crippen LogP contribution in [0.5, 0.6) is 5.75 Å². The number of esters is 1. The van der Waals surface area contributed by atoms with Gasteiger partial charge in [0.1, 0.15) is 5.75 Å². The SMILES string of the molecule is O=C(Oc1ccc([N+](=O)[O-])cc1)c1ccc2[nH]cc(CCN3C(=O)c4ccccc4C3=O)c2c1. The number of hydrogen-bond acceptors (Lipinski definition) is 6. The van der Waals surface area contributed by atoms with Crippen LogP contribution in [0.3, 0.4) is 0 Å². The van der Waals surface area contributed by atoms with Crippen LogP contribution in [0.25, 0.3) is 10.9 Å². The van der Waals surface area contributed by atoms with Crippen molar-refractivity contribution in [2.24, 2.45) is 0 Å². The van der Waals surface area contributed by atoms with Crippen molar-refractivity contribution < 1.29 is 24.0 Å². The lowest BCUT2D eigenvalue weighted by atomic mass is 10.1. The van der Waals surface area contributed by atoms with Crippen LogP contribution < -0.4 is 4.74 Å². The number of benzene rings is 3. The second kappa shape index (κ2) is 8.28. The number of H-pyrrole nitrogens is 1. The summed E-state index contributed by atoms with van der Waals surface area (Å²) in [6, 6.07) is 17.0. The van der Waals surface area contributed by atoms with Crippen LogP contribution in [-0.2, 0) is 6.42 Å². The number of amides is 2. The van der Waals surface area contributed by atoms with Crippen molar-refractivity contribution in [3.63, 3.8) is 0 Å². The molecule has 1 aliphatic rings. The van der Waals surface area contributed by atoms with E-state index in [1.165, 1.54) is 29.2 Å². The number of aromatic amines is 1. The molecule has 0 unspecified atom stereocenters. The Bertz CT molecular complexity index is 1440. The van der Waals surface area contributed by atoms with E-state index in [1.54, 1.807) is 48.7 Å². The van der Waals surface area contributed by atoms with E-state index in [9.17, 15) is 24.5 Å². The summed E-state index contributed by atoms with van der Waals surface area (Å²) in [6.07, 6.45) is 2.20. The third-order valence-corrected chi connectivity index (χ3v) is 5.74. The number of carbonyl (C=O) groups is 3. The van der Waals surface area contributed by atoms with Crippen LogP contribution >= 0.6 is 0 Å². The fraction of sp³-hybridized carbons (Fsp3) is 0.0800. The number of nitro groups is 1. The molecule has 1 aliphatic heterocycles. The zero-order valence-corrected chi connectivity index (χ0v) is 17.7. The molecule has 34 heavy (non-hydrogen) atoms. The molecule has 2 heterocycles. The van der Waals surface area contributed by atoms with E-state index >= 15 is 0 Å². The maximum absolute atomic E-state index is 12.6. The van der Waals surface area contributed by atoms with Crippen molar-refractivity contribution in [2.45, 2.75) is 6.42 Å². The van der Waals surface area contributed by atoms with Crippen molar-refractivity contribution in [3.8, 4) is 5.75 Å². The Labute approximate surface area is 192 Å². The highest BCUT2D eigenvalue weighted by Crippen LogP contribution is 2.26. The van der Waals surface area contributed by atoms with Gasteiger partial charge in [-0.2, -0.15) is 0 Å². The first-order valence-corrected chi connectivity index (χ1v) is 10.4. The number of imide groups is 1. The molecule has 0 saturated heterocycles. The maximum Gasteiger partial charge on any atom is 0.343 e. The van der Waals surface area contributed by atoms with Crippen molar-refractivity contribution in [1.82, 2.24) is 9.88 Å². The molecular weight excluding hydrogens is 438 g/mol. The summed E-state index contributed by atoms with van der Waals surface area (Å²) in [5, 5.41) is 11.5. The standard InChI is InChI=1S/C25H17N3O6/c29-23-19-3-1-2-4-20(19)24(30)27(23)12-11-16-14-26-22-10-5-15(13-21(16)22)25(31)34-18-8-6-17(7-9-18)28(32)33/h1-10,13-14,26H,11-12H2. The van der Waals surface area contributed by atoms with Gasteiger partial charge in [-0.25, -0.2) is 4.79 Å². The summed E-state index contributed by atoms with van der Waals surface area (Å²) < 4.78 is 5.34. The molecule has 9 heteroatoms. The van der Waals surface area contributed by atoms with Crippen molar-refractivity contribution >= 4 is 34.4 Å². The molecule has 0 radical (unpaired) electrons. The molecule has 5 rings (SSSR count). The van der Waals surface area contributed by atoms with Gasteiger partial charge < -0.3 is 9.72 Å². The number of nitrogens with zero attached hydrogens (tertiary/aromatic N) is 2. The quantitative estimate of drug-likeness (QED) is 0.153.